The lowest BCUT2D eigenvalue weighted by Gasteiger charge is -2.24. The number of aliphatic imine (C=N–C) groups is 1. The Morgan fingerprint density at radius 2 is 1.73 bits per heavy atom. The van der Waals surface area contributed by atoms with Gasteiger partial charge in [-0.2, -0.15) is 0 Å². The fraction of sp³-hybridized carbons (Fsp3) is 0.636. The summed E-state index contributed by atoms with van der Waals surface area (Å²) >= 11 is 0. The van der Waals surface area contributed by atoms with Crippen molar-refractivity contribution in [1.82, 2.24) is 20.9 Å². The van der Waals surface area contributed by atoms with Crippen LogP contribution >= 0.6 is 0 Å². The van der Waals surface area contributed by atoms with Gasteiger partial charge in [0.25, 0.3) is 0 Å². The van der Waals surface area contributed by atoms with Gasteiger partial charge in [-0.3, -0.25) is 4.99 Å². The number of ether oxygens (including phenoxy) is 2. The third-order valence-electron chi connectivity index (χ3n) is 4.20. The highest BCUT2D eigenvalue weighted by Gasteiger charge is 2.16. The average Bonchev–Trinajstić information content (AvgIpc) is 2.66. The normalized spacial score (nSPS) is 13.0. The fourth-order valence-corrected chi connectivity index (χ4v) is 2.71. The lowest BCUT2D eigenvalue weighted by Crippen LogP contribution is -2.40. The van der Waals surface area contributed by atoms with Crippen LogP contribution in [0.1, 0.15) is 45.7 Å². The molecule has 1 aromatic rings. The number of rotatable bonds is 10. The van der Waals surface area contributed by atoms with E-state index in [-0.39, 0.29) is 6.04 Å². The van der Waals surface area contributed by atoms with Gasteiger partial charge in [0.1, 0.15) is 11.4 Å². The molecule has 8 heteroatoms. The van der Waals surface area contributed by atoms with Gasteiger partial charge in [-0.25, -0.2) is 4.79 Å². The molecule has 0 aliphatic rings. The molecular formula is C22H39N5O3. The van der Waals surface area contributed by atoms with Crippen molar-refractivity contribution in [2.75, 3.05) is 47.4 Å². The van der Waals surface area contributed by atoms with E-state index in [0.29, 0.717) is 19.6 Å². The molecule has 170 valence electrons. The van der Waals surface area contributed by atoms with Gasteiger partial charge in [0, 0.05) is 19.6 Å². The molecule has 0 aromatic heterocycles. The quantitative estimate of drug-likeness (QED) is 0.306. The van der Waals surface area contributed by atoms with Gasteiger partial charge in [-0.15, -0.1) is 0 Å². The summed E-state index contributed by atoms with van der Waals surface area (Å²) in [5.74, 6) is 1.60. The van der Waals surface area contributed by atoms with Gasteiger partial charge in [-0.1, -0.05) is 12.1 Å². The molecule has 0 spiro atoms. The molecule has 0 aliphatic heterocycles. The van der Waals surface area contributed by atoms with Crippen molar-refractivity contribution in [3.63, 3.8) is 0 Å². The van der Waals surface area contributed by atoms with Gasteiger partial charge >= 0.3 is 6.09 Å². The largest absolute Gasteiger partial charge is 0.497 e. The lowest BCUT2D eigenvalue weighted by molar-refractivity contribution is 0.0527. The number of benzene rings is 1. The summed E-state index contributed by atoms with van der Waals surface area (Å²) in [5, 5.41) is 9.34. The van der Waals surface area contributed by atoms with Crippen LogP contribution in [-0.2, 0) is 4.74 Å². The van der Waals surface area contributed by atoms with Crippen LogP contribution in [0.25, 0.3) is 0 Å². The number of carbonyl (C=O) groups is 1. The molecule has 1 unspecified atom stereocenters. The van der Waals surface area contributed by atoms with Gasteiger partial charge in [-0.05, 0) is 65.9 Å². The van der Waals surface area contributed by atoms with E-state index in [1.54, 1.807) is 7.11 Å². The summed E-state index contributed by atoms with van der Waals surface area (Å²) in [6.45, 7) is 10.2. The molecule has 1 amide bonds. The molecule has 0 aliphatic carbocycles. The molecule has 8 nitrogen and oxygen atoms in total. The molecule has 1 rings (SSSR count). The molecule has 1 aromatic carbocycles. The second-order valence-corrected chi connectivity index (χ2v) is 8.18. The Morgan fingerprint density at radius 3 is 2.27 bits per heavy atom. The molecule has 1 atom stereocenters. The maximum atomic E-state index is 11.7. The van der Waals surface area contributed by atoms with E-state index in [4.69, 9.17) is 14.5 Å². The second kappa shape index (κ2) is 13.0. The van der Waals surface area contributed by atoms with Gasteiger partial charge in [0.05, 0.1) is 19.7 Å². The highest BCUT2D eigenvalue weighted by Crippen LogP contribution is 2.21. The Morgan fingerprint density at radius 1 is 1.10 bits per heavy atom. The summed E-state index contributed by atoms with van der Waals surface area (Å²) < 4.78 is 10.5. The van der Waals surface area contributed by atoms with Crippen LogP contribution in [0.4, 0.5) is 4.79 Å². The Hall–Kier alpha value is -2.48. The highest BCUT2D eigenvalue weighted by atomic mass is 16.6. The first-order valence-electron chi connectivity index (χ1n) is 10.5. The van der Waals surface area contributed by atoms with Crippen molar-refractivity contribution in [1.29, 1.82) is 0 Å². The number of hydrogen-bond acceptors (Lipinski definition) is 5. The van der Waals surface area contributed by atoms with Crippen LogP contribution in [0.2, 0.25) is 0 Å². The molecule has 0 saturated heterocycles. The maximum absolute atomic E-state index is 11.7. The number of carbonyl (C=O) groups excluding carboxylic acids is 1. The van der Waals surface area contributed by atoms with E-state index < -0.39 is 11.7 Å². The average molecular weight is 422 g/mol. The summed E-state index contributed by atoms with van der Waals surface area (Å²) in [7, 11) is 5.76. The van der Waals surface area contributed by atoms with Crippen molar-refractivity contribution < 1.29 is 14.3 Å². The zero-order chi connectivity index (χ0) is 22.6. The van der Waals surface area contributed by atoms with Crippen molar-refractivity contribution in [3.8, 4) is 5.75 Å². The third-order valence-corrected chi connectivity index (χ3v) is 4.20. The molecule has 0 fully saturated rings. The summed E-state index contributed by atoms with van der Waals surface area (Å²) in [6, 6.07) is 8.23. The summed E-state index contributed by atoms with van der Waals surface area (Å²) in [6.07, 6.45) is 0.371. The van der Waals surface area contributed by atoms with Crippen LogP contribution in [0, 0.1) is 0 Å². The van der Waals surface area contributed by atoms with Crippen LogP contribution < -0.4 is 20.7 Å². The molecule has 0 saturated carbocycles. The SMILES string of the molecule is CCNC(=NCC(c1ccc(OC)cc1)N(C)C)NCCCNC(=O)OC(C)(C)C. The second-order valence-electron chi connectivity index (χ2n) is 8.18. The fourth-order valence-electron chi connectivity index (χ4n) is 2.71. The molecule has 0 radical (unpaired) electrons. The lowest BCUT2D eigenvalue weighted by atomic mass is 10.1. The smallest absolute Gasteiger partial charge is 0.407 e. The van der Waals surface area contributed by atoms with Crippen molar-refractivity contribution in [2.24, 2.45) is 4.99 Å². The first-order chi connectivity index (χ1) is 14.2. The van der Waals surface area contributed by atoms with Gasteiger partial charge in [0.15, 0.2) is 5.96 Å². The van der Waals surface area contributed by atoms with Crippen LogP contribution in [0.5, 0.6) is 5.75 Å². The number of nitrogens with zero attached hydrogens (tertiary/aromatic N) is 2. The summed E-state index contributed by atoms with van der Waals surface area (Å²) in [5.41, 5.74) is 0.696. The monoisotopic (exact) mass is 421 g/mol. The predicted octanol–water partition coefficient (Wildman–Crippen LogP) is 2.77. The molecule has 0 heterocycles. The van der Waals surface area contributed by atoms with Crippen LogP contribution in [0.3, 0.4) is 0 Å². The number of amides is 1. The number of likely N-dealkylation sites (N-methyl/N-ethyl adjacent to an activating group) is 1. The van der Waals surface area contributed by atoms with E-state index in [1.807, 2.05) is 53.9 Å². The summed E-state index contributed by atoms with van der Waals surface area (Å²) in [4.78, 5) is 18.6. The minimum absolute atomic E-state index is 0.153. The predicted molar refractivity (Wildman–Crippen MR) is 122 cm³/mol. The van der Waals surface area contributed by atoms with E-state index >= 15 is 0 Å². The zero-order valence-electron chi connectivity index (χ0n) is 19.5. The topological polar surface area (TPSA) is 87.2 Å². The third kappa shape index (κ3) is 10.3. The van der Waals surface area contributed by atoms with E-state index in [1.165, 1.54) is 5.56 Å². The zero-order valence-corrected chi connectivity index (χ0v) is 19.5. The number of alkyl carbamates (subject to hydrolysis) is 1. The van der Waals surface area contributed by atoms with Crippen molar-refractivity contribution in [2.45, 2.75) is 45.8 Å². The van der Waals surface area contributed by atoms with Crippen LogP contribution in [0.15, 0.2) is 29.3 Å². The van der Waals surface area contributed by atoms with Gasteiger partial charge < -0.3 is 30.3 Å². The van der Waals surface area contributed by atoms with E-state index in [0.717, 1.165) is 24.7 Å². The first kappa shape index (κ1) is 25.6. The Bertz CT molecular complexity index is 654. The standard InChI is InChI=1S/C22H39N5O3/c1-8-23-20(24-14-9-15-25-21(28)30-22(2,3)4)26-16-19(27(5)6)17-10-12-18(29-7)13-11-17/h10-13,19H,8-9,14-16H2,1-7H3,(H,25,28)(H2,23,24,26). The maximum Gasteiger partial charge on any atom is 0.407 e. The van der Waals surface area contributed by atoms with E-state index in [9.17, 15) is 4.79 Å². The van der Waals surface area contributed by atoms with Crippen molar-refractivity contribution in [3.05, 3.63) is 29.8 Å². The van der Waals surface area contributed by atoms with E-state index in [2.05, 4.69) is 33.0 Å². The Kier molecular flexibility index (Phi) is 11.0. The minimum atomic E-state index is -0.486. The van der Waals surface area contributed by atoms with Crippen LogP contribution in [-0.4, -0.2) is 69.9 Å². The molecule has 3 N–H and O–H groups in total. The van der Waals surface area contributed by atoms with Crippen molar-refractivity contribution >= 4 is 12.1 Å². The molecule has 30 heavy (non-hydrogen) atoms. The molecular weight excluding hydrogens is 382 g/mol. The minimum Gasteiger partial charge on any atom is -0.497 e. The highest BCUT2D eigenvalue weighted by molar-refractivity contribution is 5.79. The van der Waals surface area contributed by atoms with Gasteiger partial charge in [0.2, 0.25) is 0 Å². The number of guanidine groups is 1. The number of hydrogen-bond donors (Lipinski definition) is 3. The Balaban J connectivity index is 2.55. The Labute approximate surface area is 181 Å². The first-order valence-corrected chi connectivity index (χ1v) is 10.5. The number of nitrogens with one attached hydrogen (secondary N) is 3. The number of methoxy groups -OCH3 is 1. The molecule has 0 bridgehead atoms.